The van der Waals surface area contributed by atoms with Crippen LogP contribution in [0.2, 0.25) is 0 Å². The van der Waals surface area contributed by atoms with E-state index in [1.165, 1.54) is 32.1 Å². The molecule has 0 saturated heterocycles. The predicted molar refractivity (Wildman–Crippen MR) is 81.9 cm³/mol. The largest absolute Gasteiger partial charge is 0.356 e. The fourth-order valence-electron chi connectivity index (χ4n) is 3.82. The number of fused-ring (bicyclic) bond motifs is 2. The van der Waals surface area contributed by atoms with Gasteiger partial charge in [0, 0.05) is 20.1 Å². The van der Waals surface area contributed by atoms with Crippen LogP contribution in [0.25, 0.3) is 0 Å². The summed E-state index contributed by atoms with van der Waals surface area (Å²) >= 11 is 0. The monoisotopic (exact) mass is 349 g/mol. The average Bonchev–Trinajstić information content (AvgIpc) is 2.96. The van der Waals surface area contributed by atoms with Gasteiger partial charge in [0.2, 0.25) is 0 Å². The van der Waals surface area contributed by atoms with E-state index in [-0.39, 0.29) is 24.0 Å². The molecular weight excluding hydrogens is 325 g/mol. The van der Waals surface area contributed by atoms with Gasteiger partial charge in [-0.05, 0) is 43.4 Å². The molecule has 1 N–H and O–H groups in total. The number of hydrogen-bond donors (Lipinski definition) is 1. The van der Waals surface area contributed by atoms with Gasteiger partial charge < -0.3 is 10.2 Å². The first-order valence-corrected chi connectivity index (χ1v) is 6.82. The molecule has 2 fully saturated rings. The zero-order chi connectivity index (χ0) is 11.0. The Hall–Kier alpha value is 0. The molecule has 0 aromatic rings. The van der Waals surface area contributed by atoms with Gasteiger partial charge in [-0.2, -0.15) is 0 Å². The van der Waals surface area contributed by atoms with Gasteiger partial charge in [0.15, 0.2) is 5.96 Å². The van der Waals surface area contributed by atoms with Gasteiger partial charge in [-0.1, -0.05) is 6.42 Å². The molecule has 3 unspecified atom stereocenters. The first-order valence-electron chi connectivity index (χ1n) is 6.82. The molecule has 0 aromatic carbocycles. The van der Waals surface area contributed by atoms with E-state index in [2.05, 4.69) is 22.3 Å². The molecule has 3 nitrogen and oxygen atoms in total. The van der Waals surface area contributed by atoms with E-state index >= 15 is 0 Å². The maximum atomic E-state index is 4.46. The molecule has 0 aromatic heterocycles. The minimum Gasteiger partial charge on any atom is -0.356 e. The molecule has 3 rings (SSSR count). The third-order valence-corrected chi connectivity index (χ3v) is 4.74. The van der Waals surface area contributed by atoms with Crippen LogP contribution in [-0.2, 0) is 0 Å². The number of likely N-dealkylation sites (N-methyl/N-ethyl adjacent to an activating group) is 1. The minimum absolute atomic E-state index is 0. The van der Waals surface area contributed by atoms with Gasteiger partial charge in [0.05, 0.1) is 6.54 Å². The van der Waals surface area contributed by atoms with Crippen LogP contribution in [-0.4, -0.2) is 37.5 Å². The van der Waals surface area contributed by atoms with Crippen LogP contribution in [0.1, 0.15) is 32.1 Å². The molecule has 1 aliphatic heterocycles. The van der Waals surface area contributed by atoms with Crippen LogP contribution in [0, 0.1) is 17.8 Å². The lowest BCUT2D eigenvalue weighted by Gasteiger charge is -2.22. The van der Waals surface area contributed by atoms with Crippen LogP contribution in [0.3, 0.4) is 0 Å². The number of halogens is 1. The molecule has 0 spiro atoms. The lowest BCUT2D eigenvalue weighted by molar-refractivity contribution is 0.314. The fraction of sp³-hybridized carbons (Fsp3) is 0.923. The maximum Gasteiger partial charge on any atom is 0.193 e. The lowest BCUT2D eigenvalue weighted by atomic mass is 9.86. The van der Waals surface area contributed by atoms with Crippen molar-refractivity contribution in [2.75, 3.05) is 26.7 Å². The summed E-state index contributed by atoms with van der Waals surface area (Å²) in [6.07, 6.45) is 7.43. The number of nitrogens with zero attached hydrogens (tertiary/aromatic N) is 2. The van der Waals surface area contributed by atoms with Crippen molar-refractivity contribution in [3.8, 4) is 0 Å². The molecule has 2 saturated carbocycles. The minimum atomic E-state index is 0. The summed E-state index contributed by atoms with van der Waals surface area (Å²) in [5.74, 6) is 4.28. The highest BCUT2D eigenvalue weighted by molar-refractivity contribution is 14.0. The molecular formula is C13H24IN3. The Balaban J connectivity index is 0.00000108. The van der Waals surface area contributed by atoms with Crippen LogP contribution >= 0.6 is 24.0 Å². The van der Waals surface area contributed by atoms with Gasteiger partial charge >= 0.3 is 0 Å². The molecule has 3 atom stereocenters. The topological polar surface area (TPSA) is 27.6 Å². The van der Waals surface area contributed by atoms with Crippen molar-refractivity contribution < 1.29 is 0 Å². The van der Waals surface area contributed by atoms with Crippen LogP contribution in [0.4, 0.5) is 0 Å². The van der Waals surface area contributed by atoms with Crippen molar-refractivity contribution >= 4 is 29.9 Å². The first kappa shape index (κ1) is 13.4. The standard InChI is InChI=1S/C13H23N3.HI/c1-16-7-6-15-13(16)14-5-4-12-9-10-2-3-11(12)8-10;/h10-12H,2-9H2,1H3,(H,14,15);1H. The normalized spacial score (nSPS) is 34.8. The van der Waals surface area contributed by atoms with Gasteiger partial charge in [0.1, 0.15) is 0 Å². The van der Waals surface area contributed by atoms with Gasteiger partial charge in [0.25, 0.3) is 0 Å². The predicted octanol–water partition coefficient (Wildman–Crippen LogP) is 2.32. The molecule has 98 valence electrons. The molecule has 0 radical (unpaired) electrons. The van der Waals surface area contributed by atoms with E-state index in [4.69, 9.17) is 0 Å². The second-order valence-corrected chi connectivity index (χ2v) is 5.78. The van der Waals surface area contributed by atoms with Gasteiger partial charge in [-0.25, -0.2) is 0 Å². The van der Waals surface area contributed by atoms with E-state index in [1.807, 2.05) is 0 Å². The second kappa shape index (κ2) is 5.76. The number of aliphatic imine (C=N–C) groups is 1. The van der Waals surface area contributed by atoms with Crippen molar-refractivity contribution in [2.24, 2.45) is 22.7 Å². The van der Waals surface area contributed by atoms with E-state index < -0.39 is 0 Å². The lowest BCUT2D eigenvalue weighted by Crippen LogP contribution is -2.36. The highest BCUT2D eigenvalue weighted by atomic mass is 127. The smallest absolute Gasteiger partial charge is 0.193 e. The zero-order valence-electron chi connectivity index (χ0n) is 10.7. The summed E-state index contributed by atoms with van der Waals surface area (Å²) in [7, 11) is 2.12. The van der Waals surface area contributed by atoms with Crippen LogP contribution in [0.5, 0.6) is 0 Å². The second-order valence-electron chi connectivity index (χ2n) is 5.78. The summed E-state index contributed by atoms with van der Waals surface area (Å²) < 4.78 is 0. The highest BCUT2D eigenvalue weighted by Gasteiger charge is 2.38. The summed E-state index contributed by atoms with van der Waals surface area (Å²) in [5, 5.41) is 3.49. The maximum absolute atomic E-state index is 4.46. The Morgan fingerprint density at radius 2 is 2.24 bits per heavy atom. The Labute approximate surface area is 121 Å². The van der Waals surface area contributed by atoms with E-state index in [0.29, 0.717) is 0 Å². The summed E-state index contributed by atoms with van der Waals surface area (Å²) in [5.41, 5.74) is 0. The molecule has 1 heterocycles. The summed E-state index contributed by atoms with van der Waals surface area (Å²) in [6.45, 7) is 3.17. The van der Waals surface area contributed by atoms with E-state index in [1.54, 1.807) is 0 Å². The van der Waals surface area contributed by atoms with Crippen molar-refractivity contribution in [1.29, 1.82) is 0 Å². The third kappa shape index (κ3) is 2.88. The van der Waals surface area contributed by atoms with Crippen molar-refractivity contribution in [1.82, 2.24) is 10.2 Å². The molecule has 2 aliphatic carbocycles. The number of hydrogen-bond acceptors (Lipinski definition) is 3. The Bertz CT molecular complexity index is 292. The quantitative estimate of drug-likeness (QED) is 0.792. The Morgan fingerprint density at radius 1 is 1.35 bits per heavy atom. The van der Waals surface area contributed by atoms with Crippen molar-refractivity contribution in [2.45, 2.75) is 32.1 Å². The number of guanidine groups is 1. The van der Waals surface area contributed by atoms with Crippen molar-refractivity contribution in [3.05, 3.63) is 0 Å². The summed E-state index contributed by atoms with van der Waals surface area (Å²) in [6, 6.07) is 0. The van der Waals surface area contributed by atoms with Crippen LogP contribution < -0.4 is 5.32 Å². The third-order valence-electron chi connectivity index (χ3n) is 4.74. The molecule has 0 amide bonds. The van der Waals surface area contributed by atoms with Crippen molar-refractivity contribution in [3.63, 3.8) is 0 Å². The van der Waals surface area contributed by atoms with Crippen LogP contribution in [0.15, 0.2) is 4.99 Å². The van der Waals surface area contributed by atoms with Gasteiger partial charge in [-0.3, -0.25) is 4.99 Å². The Morgan fingerprint density at radius 3 is 2.82 bits per heavy atom. The molecule has 4 heteroatoms. The van der Waals surface area contributed by atoms with E-state index in [9.17, 15) is 0 Å². The Kier molecular flexibility index (Phi) is 4.55. The zero-order valence-corrected chi connectivity index (χ0v) is 13.0. The van der Waals surface area contributed by atoms with Gasteiger partial charge in [-0.15, -0.1) is 24.0 Å². The fourth-order valence-corrected chi connectivity index (χ4v) is 3.82. The average molecular weight is 349 g/mol. The molecule has 3 aliphatic rings. The SMILES string of the molecule is CN1CCN=C1NCCC1CC2CCC1C2.I. The van der Waals surface area contributed by atoms with E-state index in [0.717, 1.165) is 43.3 Å². The molecule has 2 bridgehead atoms. The first-order chi connectivity index (χ1) is 7.83. The summed E-state index contributed by atoms with van der Waals surface area (Å²) in [4.78, 5) is 6.68. The molecule has 17 heavy (non-hydrogen) atoms. The number of rotatable bonds is 3. The number of nitrogens with one attached hydrogen (secondary N) is 1. The highest BCUT2D eigenvalue weighted by Crippen LogP contribution is 2.49.